The van der Waals surface area contributed by atoms with E-state index in [4.69, 9.17) is 0 Å². The normalized spacial score (nSPS) is 17.3. The number of carboxylic acid groups (broad SMARTS) is 1. The van der Waals surface area contributed by atoms with Crippen molar-refractivity contribution in [2.75, 3.05) is 5.75 Å². The third-order valence-corrected chi connectivity index (χ3v) is 6.57. The maximum Gasteiger partial charge on any atom is 0.310 e. The molecule has 1 unspecified atom stereocenters. The number of sulfone groups is 1. The van der Waals surface area contributed by atoms with Gasteiger partial charge in [0.05, 0.1) is 16.6 Å². The average Bonchev–Trinajstić information content (AvgIpc) is 3.04. The van der Waals surface area contributed by atoms with Crippen molar-refractivity contribution >= 4 is 15.8 Å². The topological polar surface area (TPSA) is 71.4 Å². The van der Waals surface area contributed by atoms with Crippen LogP contribution in [0.2, 0.25) is 0 Å². The summed E-state index contributed by atoms with van der Waals surface area (Å²) >= 11 is 0. The highest BCUT2D eigenvalue weighted by molar-refractivity contribution is 7.91. The van der Waals surface area contributed by atoms with Crippen LogP contribution in [0.3, 0.4) is 0 Å². The van der Waals surface area contributed by atoms with Gasteiger partial charge in [0.25, 0.3) is 0 Å². The highest BCUT2D eigenvalue weighted by atomic mass is 32.2. The molecule has 1 aromatic carbocycles. The summed E-state index contributed by atoms with van der Waals surface area (Å²) in [6.07, 6.45) is 6.71. The monoisotopic (exact) mass is 338 g/mol. The number of hydrogen-bond acceptors (Lipinski definition) is 3. The van der Waals surface area contributed by atoms with E-state index in [9.17, 15) is 18.3 Å². The van der Waals surface area contributed by atoms with Crippen LogP contribution in [0.1, 0.15) is 63.4 Å². The third-order valence-electron chi connectivity index (χ3n) is 4.75. The van der Waals surface area contributed by atoms with Gasteiger partial charge in [-0.3, -0.25) is 4.79 Å². The predicted molar refractivity (Wildman–Crippen MR) is 90.4 cm³/mol. The standard InChI is InChI=1S/C18H26O4S/c1-2-3-12-23(21,22)16-10-8-15(9-11-16)17(18(19)20)13-14-6-4-5-7-14/h8-11,14,17H,2-7,12-13H2,1H3,(H,19,20). The Bertz CT molecular complexity index is 613. The van der Waals surface area contributed by atoms with Crippen LogP contribution in [-0.4, -0.2) is 25.2 Å². The van der Waals surface area contributed by atoms with Crippen molar-refractivity contribution < 1.29 is 18.3 Å². The van der Waals surface area contributed by atoms with Gasteiger partial charge in [-0.25, -0.2) is 8.42 Å². The van der Waals surface area contributed by atoms with E-state index in [1.54, 1.807) is 24.3 Å². The molecule has 0 amide bonds. The first-order valence-electron chi connectivity index (χ1n) is 8.49. The van der Waals surface area contributed by atoms with E-state index >= 15 is 0 Å². The molecular formula is C18H26O4S. The van der Waals surface area contributed by atoms with Crippen LogP contribution in [0, 0.1) is 5.92 Å². The zero-order chi connectivity index (χ0) is 16.9. The molecule has 4 nitrogen and oxygen atoms in total. The van der Waals surface area contributed by atoms with Crippen LogP contribution in [0.15, 0.2) is 29.2 Å². The minimum Gasteiger partial charge on any atom is -0.481 e. The first kappa shape index (κ1) is 18.0. The molecule has 1 aliphatic carbocycles. The number of benzene rings is 1. The number of unbranched alkanes of at least 4 members (excludes halogenated alkanes) is 1. The Morgan fingerprint density at radius 2 is 1.83 bits per heavy atom. The zero-order valence-electron chi connectivity index (χ0n) is 13.7. The molecule has 23 heavy (non-hydrogen) atoms. The fourth-order valence-electron chi connectivity index (χ4n) is 3.32. The number of aliphatic carboxylic acids is 1. The van der Waals surface area contributed by atoms with E-state index in [1.165, 1.54) is 12.8 Å². The molecule has 1 fully saturated rings. The molecule has 5 heteroatoms. The summed E-state index contributed by atoms with van der Waals surface area (Å²) in [5.41, 5.74) is 0.707. The molecule has 1 saturated carbocycles. The van der Waals surface area contributed by atoms with E-state index in [0.29, 0.717) is 29.2 Å². The van der Waals surface area contributed by atoms with Crippen molar-refractivity contribution in [2.24, 2.45) is 5.92 Å². The van der Waals surface area contributed by atoms with Gasteiger partial charge in [0.15, 0.2) is 9.84 Å². The van der Waals surface area contributed by atoms with Gasteiger partial charge in [0.2, 0.25) is 0 Å². The Hall–Kier alpha value is -1.36. The Labute approximate surface area is 138 Å². The Morgan fingerprint density at radius 3 is 2.35 bits per heavy atom. The first-order chi connectivity index (χ1) is 10.9. The fourth-order valence-corrected chi connectivity index (χ4v) is 4.77. The molecule has 0 heterocycles. The van der Waals surface area contributed by atoms with Gasteiger partial charge in [-0.2, -0.15) is 0 Å². The molecule has 1 aromatic rings. The van der Waals surface area contributed by atoms with E-state index in [-0.39, 0.29) is 5.75 Å². The van der Waals surface area contributed by atoms with E-state index in [1.807, 2.05) is 6.92 Å². The summed E-state index contributed by atoms with van der Waals surface area (Å²) < 4.78 is 24.3. The Kier molecular flexibility index (Phi) is 6.22. The fraction of sp³-hybridized carbons (Fsp3) is 0.611. The first-order valence-corrected chi connectivity index (χ1v) is 10.1. The number of rotatable bonds is 8. The SMILES string of the molecule is CCCCS(=O)(=O)c1ccc(C(CC2CCCC2)C(=O)O)cc1. The second kappa shape index (κ2) is 7.95. The number of carboxylic acids is 1. The van der Waals surface area contributed by atoms with Crippen LogP contribution in [0.25, 0.3) is 0 Å². The minimum atomic E-state index is -3.25. The highest BCUT2D eigenvalue weighted by Gasteiger charge is 2.26. The average molecular weight is 338 g/mol. The van der Waals surface area contributed by atoms with Crippen LogP contribution < -0.4 is 0 Å². The van der Waals surface area contributed by atoms with Crippen molar-refractivity contribution in [1.82, 2.24) is 0 Å². The second-order valence-electron chi connectivity index (χ2n) is 6.52. The van der Waals surface area contributed by atoms with E-state index in [2.05, 4.69) is 0 Å². The lowest BCUT2D eigenvalue weighted by Crippen LogP contribution is -2.15. The quantitative estimate of drug-likeness (QED) is 0.777. The third kappa shape index (κ3) is 4.80. The van der Waals surface area contributed by atoms with Gasteiger partial charge in [0.1, 0.15) is 0 Å². The molecule has 0 radical (unpaired) electrons. The van der Waals surface area contributed by atoms with Crippen molar-refractivity contribution in [2.45, 2.75) is 62.7 Å². The molecular weight excluding hydrogens is 312 g/mol. The molecule has 2 rings (SSSR count). The lowest BCUT2D eigenvalue weighted by atomic mass is 9.88. The van der Waals surface area contributed by atoms with Crippen LogP contribution in [0.4, 0.5) is 0 Å². The molecule has 1 aliphatic rings. The maximum atomic E-state index is 12.2. The summed E-state index contributed by atoms with van der Waals surface area (Å²) in [5.74, 6) is -0.735. The van der Waals surface area contributed by atoms with Crippen molar-refractivity contribution in [1.29, 1.82) is 0 Å². The summed E-state index contributed by atoms with van der Waals surface area (Å²) in [6.45, 7) is 1.96. The predicted octanol–water partition coefficient (Wildman–Crippen LogP) is 4.01. The lowest BCUT2D eigenvalue weighted by Gasteiger charge is -2.17. The van der Waals surface area contributed by atoms with Crippen LogP contribution in [-0.2, 0) is 14.6 Å². The summed E-state index contributed by atoms with van der Waals surface area (Å²) in [6, 6.07) is 6.47. The van der Waals surface area contributed by atoms with Gasteiger partial charge in [-0.05, 0) is 36.5 Å². The van der Waals surface area contributed by atoms with Crippen LogP contribution >= 0.6 is 0 Å². The highest BCUT2D eigenvalue weighted by Crippen LogP contribution is 2.34. The largest absolute Gasteiger partial charge is 0.481 e. The Balaban J connectivity index is 2.13. The second-order valence-corrected chi connectivity index (χ2v) is 8.63. The minimum absolute atomic E-state index is 0.146. The summed E-state index contributed by atoms with van der Waals surface area (Å²) in [5, 5.41) is 9.51. The molecule has 0 saturated heterocycles. The number of carbonyl (C=O) groups is 1. The molecule has 0 bridgehead atoms. The molecule has 0 spiro atoms. The van der Waals surface area contributed by atoms with Crippen molar-refractivity contribution in [3.05, 3.63) is 29.8 Å². The Morgan fingerprint density at radius 1 is 1.22 bits per heavy atom. The van der Waals surface area contributed by atoms with Crippen molar-refractivity contribution in [3.63, 3.8) is 0 Å². The van der Waals surface area contributed by atoms with Gasteiger partial charge in [-0.1, -0.05) is 51.2 Å². The van der Waals surface area contributed by atoms with E-state index in [0.717, 1.165) is 19.3 Å². The molecule has 0 aliphatic heterocycles. The zero-order valence-corrected chi connectivity index (χ0v) is 14.5. The van der Waals surface area contributed by atoms with E-state index < -0.39 is 21.7 Å². The van der Waals surface area contributed by atoms with Crippen molar-refractivity contribution in [3.8, 4) is 0 Å². The molecule has 1 atom stereocenters. The van der Waals surface area contributed by atoms with Gasteiger partial charge < -0.3 is 5.11 Å². The lowest BCUT2D eigenvalue weighted by molar-refractivity contribution is -0.139. The summed E-state index contributed by atoms with van der Waals surface area (Å²) in [4.78, 5) is 11.9. The number of hydrogen-bond donors (Lipinski definition) is 1. The van der Waals surface area contributed by atoms with Crippen LogP contribution in [0.5, 0.6) is 0 Å². The van der Waals surface area contributed by atoms with Gasteiger partial charge in [-0.15, -0.1) is 0 Å². The molecule has 1 N–H and O–H groups in total. The summed E-state index contributed by atoms with van der Waals surface area (Å²) in [7, 11) is -3.25. The molecule has 0 aromatic heterocycles. The maximum absolute atomic E-state index is 12.2. The molecule has 128 valence electrons. The van der Waals surface area contributed by atoms with Gasteiger partial charge in [0, 0.05) is 0 Å². The smallest absolute Gasteiger partial charge is 0.310 e. The van der Waals surface area contributed by atoms with Gasteiger partial charge >= 0.3 is 5.97 Å².